The second-order valence-electron chi connectivity index (χ2n) is 6.71. The first kappa shape index (κ1) is 20.6. The molecule has 2 rings (SSSR count). The average molecular weight is 386 g/mol. The Morgan fingerprint density at radius 3 is 2.69 bits per heavy atom. The maximum absolute atomic E-state index is 13.0. The first-order valence-electron chi connectivity index (χ1n) is 8.47. The van der Waals surface area contributed by atoms with Gasteiger partial charge in [-0.05, 0) is 31.0 Å². The quantitative estimate of drug-likeness (QED) is 0.646. The molecule has 0 bridgehead atoms. The van der Waals surface area contributed by atoms with Crippen molar-refractivity contribution in [3.05, 3.63) is 23.8 Å². The molecule has 1 fully saturated rings. The van der Waals surface area contributed by atoms with Crippen LogP contribution in [0.3, 0.4) is 0 Å². The molecule has 1 aromatic rings. The van der Waals surface area contributed by atoms with E-state index in [0.717, 1.165) is 6.42 Å². The number of ether oxygens (including phenoxy) is 1. The minimum atomic E-state index is -3.97. The number of primary sulfonamides is 1. The molecule has 0 spiro atoms. The zero-order valence-corrected chi connectivity index (χ0v) is 15.8. The Labute approximate surface area is 153 Å². The Bertz CT molecular complexity index is 767. The summed E-state index contributed by atoms with van der Waals surface area (Å²) in [5.41, 5.74) is -0.702. The van der Waals surface area contributed by atoms with E-state index in [1.807, 2.05) is 6.92 Å². The number of sulfonamides is 1. The number of nitrogens with zero attached hydrogens (tertiary/aromatic N) is 1. The summed E-state index contributed by atoms with van der Waals surface area (Å²) >= 11 is 0. The molecule has 1 aliphatic rings. The number of carbonyl (C=O) groups excluding carboxylic acids is 1. The summed E-state index contributed by atoms with van der Waals surface area (Å²) in [7, 11) is -2.58. The van der Waals surface area contributed by atoms with Crippen LogP contribution < -0.4 is 9.88 Å². The van der Waals surface area contributed by atoms with E-state index in [4.69, 9.17) is 9.88 Å². The van der Waals surface area contributed by atoms with Crippen molar-refractivity contribution in [3.8, 4) is 5.75 Å². The Kier molecular flexibility index (Phi) is 6.28. The second kappa shape index (κ2) is 7.91. The zero-order chi connectivity index (χ0) is 19.5. The van der Waals surface area contributed by atoms with Gasteiger partial charge in [0.25, 0.3) is 5.91 Å². The Hall–Kier alpha value is -1.68. The van der Waals surface area contributed by atoms with Crippen molar-refractivity contribution in [1.82, 2.24) is 4.90 Å². The van der Waals surface area contributed by atoms with Crippen LogP contribution in [0.4, 0.5) is 0 Å². The molecule has 1 aromatic carbocycles. The van der Waals surface area contributed by atoms with Crippen molar-refractivity contribution in [2.45, 2.75) is 37.2 Å². The van der Waals surface area contributed by atoms with E-state index in [1.54, 1.807) is 0 Å². The summed E-state index contributed by atoms with van der Waals surface area (Å²) < 4.78 is 28.4. The van der Waals surface area contributed by atoms with Crippen molar-refractivity contribution in [3.63, 3.8) is 0 Å². The fourth-order valence-electron chi connectivity index (χ4n) is 3.50. The molecule has 1 heterocycles. The molecule has 2 atom stereocenters. The van der Waals surface area contributed by atoms with Crippen LogP contribution in [0.1, 0.15) is 36.5 Å². The summed E-state index contributed by atoms with van der Waals surface area (Å²) in [6.07, 6.45) is 0.963. The van der Waals surface area contributed by atoms with E-state index in [0.29, 0.717) is 19.4 Å². The maximum atomic E-state index is 13.0. The molecule has 1 amide bonds. The average Bonchev–Trinajstić information content (AvgIpc) is 2.61. The van der Waals surface area contributed by atoms with Crippen LogP contribution in [0.25, 0.3) is 0 Å². The number of nitrogens with two attached hydrogens (primary N) is 1. The first-order chi connectivity index (χ1) is 12.2. The number of benzene rings is 1. The highest BCUT2D eigenvalue weighted by atomic mass is 32.2. The molecule has 9 heteroatoms. The van der Waals surface area contributed by atoms with Gasteiger partial charge in [0, 0.05) is 18.5 Å². The van der Waals surface area contributed by atoms with Crippen LogP contribution >= 0.6 is 0 Å². The molecule has 0 unspecified atom stereocenters. The van der Waals surface area contributed by atoms with E-state index >= 15 is 0 Å². The maximum Gasteiger partial charge on any atom is 0.257 e. The van der Waals surface area contributed by atoms with Crippen LogP contribution in [0.2, 0.25) is 0 Å². The van der Waals surface area contributed by atoms with Gasteiger partial charge in [0.2, 0.25) is 10.0 Å². The third kappa shape index (κ3) is 4.01. The molecule has 0 saturated carbocycles. The summed E-state index contributed by atoms with van der Waals surface area (Å²) in [5, 5.41) is 25.4. The highest BCUT2D eigenvalue weighted by Gasteiger charge is 2.43. The molecular formula is C17H26N2O6S. The lowest BCUT2D eigenvalue weighted by molar-refractivity contribution is -0.0720. The summed E-state index contributed by atoms with van der Waals surface area (Å²) in [6, 6.07) is 3.86. The number of methoxy groups -OCH3 is 1. The fraction of sp³-hybridized carbons (Fsp3) is 0.588. The largest absolute Gasteiger partial charge is 0.496 e. The lowest BCUT2D eigenvalue weighted by atomic mass is 9.74. The van der Waals surface area contributed by atoms with Crippen molar-refractivity contribution < 1.29 is 28.2 Å². The Balaban J connectivity index is 2.39. The first-order valence-corrected chi connectivity index (χ1v) is 10.0. The summed E-state index contributed by atoms with van der Waals surface area (Å²) in [6.45, 7) is 2.19. The molecule has 146 valence electrons. The predicted octanol–water partition coefficient (Wildman–Crippen LogP) is 0.328. The Morgan fingerprint density at radius 1 is 1.46 bits per heavy atom. The van der Waals surface area contributed by atoms with Crippen molar-refractivity contribution in [2.24, 2.45) is 10.6 Å². The topological polar surface area (TPSA) is 130 Å². The van der Waals surface area contributed by atoms with E-state index < -0.39 is 27.4 Å². The molecule has 0 aromatic heterocycles. The van der Waals surface area contributed by atoms with Crippen molar-refractivity contribution in [1.29, 1.82) is 0 Å². The van der Waals surface area contributed by atoms with E-state index in [-0.39, 0.29) is 29.4 Å². The van der Waals surface area contributed by atoms with Crippen LogP contribution in [-0.4, -0.2) is 62.3 Å². The standard InChI is InChI=1S/C17H26N2O6S/c1-3-7-17(11-20)10-19(8-6-15(17)21)16(22)13-9-12(26(18,23)24)4-5-14(13)25-2/h4-5,9,15,20-21H,3,6-8,10-11H2,1-2H3,(H2,18,23,24)/t15-,17+/m1/s1. The van der Waals surface area contributed by atoms with E-state index in [2.05, 4.69) is 0 Å². The molecule has 0 radical (unpaired) electrons. The highest BCUT2D eigenvalue weighted by molar-refractivity contribution is 7.89. The van der Waals surface area contributed by atoms with Gasteiger partial charge in [-0.15, -0.1) is 0 Å². The van der Waals surface area contributed by atoms with Crippen molar-refractivity contribution in [2.75, 3.05) is 26.8 Å². The van der Waals surface area contributed by atoms with Gasteiger partial charge in [0.05, 0.1) is 30.3 Å². The number of aliphatic hydroxyl groups is 2. The molecular weight excluding hydrogens is 360 g/mol. The predicted molar refractivity (Wildman–Crippen MR) is 95.3 cm³/mol. The SMILES string of the molecule is CCC[C@@]1(CO)CN(C(=O)c2cc(S(N)(=O)=O)ccc2OC)CC[C@H]1O. The number of rotatable bonds is 6. The minimum Gasteiger partial charge on any atom is -0.496 e. The normalized spacial score (nSPS) is 23.7. The number of hydrogen-bond acceptors (Lipinski definition) is 6. The van der Waals surface area contributed by atoms with Crippen LogP contribution in [-0.2, 0) is 10.0 Å². The highest BCUT2D eigenvalue weighted by Crippen LogP contribution is 2.36. The van der Waals surface area contributed by atoms with Gasteiger partial charge in [-0.25, -0.2) is 13.6 Å². The lowest BCUT2D eigenvalue weighted by Crippen LogP contribution is -2.55. The minimum absolute atomic E-state index is 0.0822. The van der Waals surface area contributed by atoms with E-state index in [1.165, 1.54) is 30.2 Å². The molecule has 8 nitrogen and oxygen atoms in total. The third-order valence-electron chi connectivity index (χ3n) is 4.96. The van der Waals surface area contributed by atoms with Crippen molar-refractivity contribution >= 4 is 15.9 Å². The molecule has 1 saturated heterocycles. The van der Waals surface area contributed by atoms with E-state index in [9.17, 15) is 23.4 Å². The molecule has 26 heavy (non-hydrogen) atoms. The number of carbonyl (C=O) groups is 1. The number of amides is 1. The monoisotopic (exact) mass is 386 g/mol. The molecule has 4 N–H and O–H groups in total. The fourth-order valence-corrected chi connectivity index (χ4v) is 4.04. The Morgan fingerprint density at radius 2 is 2.15 bits per heavy atom. The summed E-state index contributed by atoms with van der Waals surface area (Å²) in [5.74, 6) is -0.188. The summed E-state index contributed by atoms with van der Waals surface area (Å²) in [4.78, 5) is 14.4. The van der Waals surface area contributed by atoms with Gasteiger partial charge in [0.15, 0.2) is 0 Å². The third-order valence-corrected chi connectivity index (χ3v) is 5.88. The lowest BCUT2D eigenvalue weighted by Gasteiger charge is -2.45. The molecule has 0 aliphatic carbocycles. The van der Waals surface area contributed by atoms with Gasteiger partial charge in [-0.2, -0.15) is 0 Å². The number of aliphatic hydroxyl groups excluding tert-OH is 2. The van der Waals surface area contributed by atoms with Gasteiger partial charge in [-0.1, -0.05) is 13.3 Å². The van der Waals surface area contributed by atoms with Crippen LogP contribution in [0.5, 0.6) is 5.75 Å². The molecule has 1 aliphatic heterocycles. The van der Waals surface area contributed by atoms with Gasteiger partial charge < -0.3 is 19.8 Å². The van der Waals surface area contributed by atoms with Gasteiger partial charge in [-0.3, -0.25) is 4.79 Å². The number of piperidine rings is 1. The smallest absolute Gasteiger partial charge is 0.257 e. The number of likely N-dealkylation sites (tertiary alicyclic amines) is 1. The second-order valence-corrected chi connectivity index (χ2v) is 8.27. The van der Waals surface area contributed by atoms with Gasteiger partial charge in [0.1, 0.15) is 5.75 Å². The van der Waals surface area contributed by atoms with Crippen LogP contribution in [0.15, 0.2) is 23.1 Å². The van der Waals surface area contributed by atoms with Gasteiger partial charge >= 0.3 is 0 Å². The van der Waals surface area contributed by atoms with Crippen LogP contribution in [0, 0.1) is 5.41 Å². The zero-order valence-electron chi connectivity index (χ0n) is 15.0. The number of hydrogen-bond donors (Lipinski definition) is 3.